The molecule has 1 saturated heterocycles. The zero-order valence-corrected chi connectivity index (χ0v) is 14.9. The standard InChI is InChI=1S/C20H22N2O5/c23-18(7-6-14-4-2-1-3-5-14)22-10-8-16(9-11-22)21-19(24)17-12-15(13-27-17)20(25)26/h1-5,12-13,16H,6-11H2,(H,21,24)(H,25,26). The quantitative estimate of drug-likeness (QED) is 0.813. The molecule has 142 valence electrons. The number of nitrogens with zero attached hydrogens (tertiary/aromatic N) is 1. The van der Waals surface area contributed by atoms with E-state index in [4.69, 9.17) is 9.52 Å². The number of carbonyl (C=O) groups excluding carboxylic acids is 2. The summed E-state index contributed by atoms with van der Waals surface area (Å²) in [5.74, 6) is -1.47. The molecule has 0 unspecified atom stereocenters. The molecule has 3 rings (SSSR count). The Balaban J connectivity index is 1.43. The van der Waals surface area contributed by atoms with Crippen molar-refractivity contribution in [1.29, 1.82) is 0 Å². The maximum Gasteiger partial charge on any atom is 0.338 e. The minimum Gasteiger partial charge on any atom is -0.478 e. The first kappa shape index (κ1) is 18.7. The lowest BCUT2D eigenvalue weighted by Crippen LogP contribution is -2.46. The van der Waals surface area contributed by atoms with E-state index in [1.165, 1.54) is 6.07 Å². The van der Waals surface area contributed by atoms with E-state index in [0.29, 0.717) is 32.4 Å². The third-order valence-electron chi connectivity index (χ3n) is 4.72. The van der Waals surface area contributed by atoms with Crippen molar-refractivity contribution in [3.8, 4) is 0 Å². The second-order valence-corrected chi connectivity index (χ2v) is 6.62. The number of carbonyl (C=O) groups is 3. The summed E-state index contributed by atoms with van der Waals surface area (Å²) in [6.45, 7) is 1.19. The monoisotopic (exact) mass is 370 g/mol. The summed E-state index contributed by atoms with van der Waals surface area (Å²) in [5, 5.41) is 11.7. The van der Waals surface area contributed by atoms with Crippen molar-refractivity contribution in [2.24, 2.45) is 0 Å². The molecular weight excluding hydrogens is 348 g/mol. The highest BCUT2D eigenvalue weighted by Crippen LogP contribution is 2.15. The van der Waals surface area contributed by atoms with Crippen molar-refractivity contribution in [2.75, 3.05) is 13.1 Å². The van der Waals surface area contributed by atoms with E-state index < -0.39 is 11.9 Å². The molecular formula is C20H22N2O5. The summed E-state index contributed by atoms with van der Waals surface area (Å²) in [6.07, 6.45) is 3.57. The van der Waals surface area contributed by atoms with Gasteiger partial charge in [-0.1, -0.05) is 30.3 Å². The molecule has 2 heterocycles. The summed E-state index contributed by atoms with van der Waals surface area (Å²) in [4.78, 5) is 37.2. The fraction of sp³-hybridized carbons (Fsp3) is 0.350. The van der Waals surface area contributed by atoms with Gasteiger partial charge in [-0.05, 0) is 24.8 Å². The van der Waals surface area contributed by atoms with Crippen molar-refractivity contribution in [2.45, 2.75) is 31.7 Å². The average molecular weight is 370 g/mol. The second kappa shape index (κ2) is 8.53. The number of piperidine rings is 1. The van der Waals surface area contributed by atoms with Crippen molar-refractivity contribution in [1.82, 2.24) is 10.2 Å². The van der Waals surface area contributed by atoms with Crippen LogP contribution in [-0.4, -0.2) is 46.9 Å². The number of hydrogen-bond donors (Lipinski definition) is 2. The van der Waals surface area contributed by atoms with Crippen LogP contribution in [0, 0.1) is 0 Å². The fourth-order valence-corrected chi connectivity index (χ4v) is 3.15. The molecule has 0 saturated carbocycles. The number of likely N-dealkylation sites (tertiary alicyclic amines) is 1. The van der Waals surface area contributed by atoms with E-state index in [0.717, 1.165) is 18.2 Å². The van der Waals surface area contributed by atoms with Crippen LogP contribution in [0.25, 0.3) is 0 Å². The fourth-order valence-electron chi connectivity index (χ4n) is 3.15. The van der Waals surface area contributed by atoms with Crippen LogP contribution in [0.2, 0.25) is 0 Å². The molecule has 1 aromatic carbocycles. The predicted molar refractivity (Wildman–Crippen MR) is 97.5 cm³/mol. The van der Waals surface area contributed by atoms with Crippen molar-refractivity contribution >= 4 is 17.8 Å². The molecule has 7 nitrogen and oxygen atoms in total. The van der Waals surface area contributed by atoms with E-state index in [2.05, 4.69) is 5.32 Å². The highest BCUT2D eigenvalue weighted by molar-refractivity contribution is 5.95. The summed E-state index contributed by atoms with van der Waals surface area (Å²) in [5.41, 5.74) is 1.09. The summed E-state index contributed by atoms with van der Waals surface area (Å²) in [7, 11) is 0. The molecule has 1 aliphatic heterocycles. The Labute approximate surface area is 157 Å². The summed E-state index contributed by atoms with van der Waals surface area (Å²) >= 11 is 0. The molecule has 0 bridgehead atoms. The molecule has 1 aromatic heterocycles. The van der Waals surface area contributed by atoms with Gasteiger partial charge in [0, 0.05) is 31.6 Å². The van der Waals surface area contributed by atoms with Crippen molar-refractivity contribution in [3.05, 3.63) is 59.5 Å². The van der Waals surface area contributed by atoms with E-state index in [9.17, 15) is 14.4 Å². The molecule has 0 radical (unpaired) electrons. The van der Waals surface area contributed by atoms with Gasteiger partial charge in [0.05, 0.1) is 5.56 Å². The Morgan fingerprint density at radius 1 is 1.15 bits per heavy atom. The number of amides is 2. The van der Waals surface area contributed by atoms with Gasteiger partial charge in [-0.25, -0.2) is 4.79 Å². The number of nitrogens with one attached hydrogen (secondary N) is 1. The van der Waals surface area contributed by atoms with Gasteiger partial charge in [0.1, 0.15) is 6.26 Å². The van der Waals surface area contributed by atoms with Crippen LogP contribution in [0.15, 0.2) is 47.1 Å². The molecule has 2 aromatic rings. The Bertz CT molecular complexity index is 807. The number of aromatic carboxylic acids is 1. The van der Waals surface area contributed by atoms with Gasteiger partial charge in [0.2, 0.25) is 5.91 Å². The number of furan rings is 1. The Kier molecular flexibility index (Phi) is 5.90. The highest BCUT2D eigenvalue weighted by Gasteiger charge is 2.25. The normalized spacial score (nSPS) is 14.7. The van der Waals surface area contributed by atoms with Gasteiger partial charge in [0.15, 0.2) is 5.76 Å². The molecule has 2 N–H and O–H groups in total. The molecule has 0 aliphatic carbocycles. The largest absolute Gasteiger partial charge is 0.478 e. The number of hydrogen-bond acceptors (Lipinski definition) is 4. The minimum atomic E-state index is -1.14. The van der Waals surface area contributed by atoms with Crippen molar-refractivity contribution < 1.29 is 23.9 Å². The van der Waals surface area contributed by atoms with Crippen LogP contribution in [-0.2, 0) is 11.2 Å². The van der Waals surface area contributed by atoms with Crippen LogP contribution in [0.4, 0.5) is 0 Å². The van der Waals surface area contributed by atoms with E-state index in [-0.39, 0.29) is 23.3 Å². The van der Waals surface area contributed by atoms with Gasteiger partial charge in [0.25, 0.3) is 5.91 Å². The number of benzene rings is 1. The lowest BCUT2D eigenvalue weighted by atomic mass is 10.0. The van der Waals surface area contributed by atoms with E-state index in [1.807, 2.05) is 35.2 Å². The van der Waals surface area contributed by atoms with Crippen LogP contribution < -0.4 is 5.32 Å². The molecule has 2 amide bonds. The van der Waals surface area contributed by atoms with Gasteiger partial charge in [-0.15, -0.1) is 0 Å². The molecule has 7 heteroatoms. The third-order valence-corrected chi connectivity index (χ3v) is 4.72. The lowest BCUT2D eigenvalue weighted by molar-refractivity contribution is -0.132. The van der Waals surface area contributed by atoms with Crippen molar-refractivity contribution in [3.63, 3.8) is 0 Å². The molecule has 1 aliphatic rings. The van der Waals surface area contributed by atoms with E-state index >= 15 is 0 Å². The molecule has 0 spiro atoms. The van der Waals surface area contributed by atoms with E-state index in [1.54, 1.807) is 0 Å². The Hall–Kier alpha value is -3.09. The number of carboxylic acid groups (broad SMARTS) is 1. The van der Waals surface area contributed by atoms with Crippen LogP contribution >= 0.6 is 0 Å². The highest BCUT2D eigenvalue weighted by atomic mass is 16.4. The Morgan fingerprint density at radius 2 is 1.85 bits per heavy atom. The maximum absolute atomic E-state index is 12.4. The van der Waals surface area contributed by atoms with Crippen LogP contribution in [0.3, 0.4) is 0 Å². The number of rotatable bonds is 6. The summed E-state index contributed by atoms with van der Waals surface area (Å²) < 4.78 is 5.01. The van der Waals surface area contributed by atoms with Gasteiger partial charge in [-0.2, -0.15) is 0 Å². The van der Waals surface area contributed by atoms with Gasteiger partial charge < -0.3 is 19.7 Å². The molecule has 0 atom stereocenters. The first-order valence-electron chi connectivity index (χ1n) is 8.97. The lowest BCUT2D eigenvalue weighted by Gasteiger charge is -2.32. The second-order valence-electron chi connectivity index (χ2n) is 6.62. The van der Waals surface area contributed by atoms with Crippen LogP contribution in [0.5, 0.6) is 0 Å². The average Bonchev–Trinajstić information content (AvgIpc) is 3.18. The number of carboxylic acids is 1. The molecule has 27 heavy (non-hydrogen) atoms. The van der Waals surface area contributed by atoms with Gasteiger partial charge >= 0.3 is 5.97 Å². The number of aryl methyl sites for hydroxylation is 1. The topological polar surface area (TPSA) is 99.8 Å². The minimum absolute atomic E-state index is 0.0197. The Morgan fingerprint density at radius 3 is 2.48 bits per heavy atom. The van der Waals surface area contributed by atoms with Gasteiger partial charge in [-0.3, -0.25) is 9.59 Å². The smallest absolute Gasteiger partial charge is 0.338 e. The molecule has 1 fully saturated rings. The SMILES string of the molecule is O=C(O)c1coc(C(=O)NC2CCN(C(=O)CCc3ccccc3)CC2)c1. The zero-order valence-electron chi connectivity index (χ0n) is 14.9. The first-order chi connectivity index (χ1) is 13.0. The summed E-state index contributed by atoms with van der Waals surface area (Å²) in [6, 6.07) is 11.1. The predicted octanol–water partition coefficient (Wildman–Crippen LogP) is 2.33. The third kappa shape index (κ3) is 4.97. The van der Waals surface area contributed by atoms with Crippen LogP contribution in [0.1, 0.15) is 45.7 Å². The maximum atomic E-state index is 12.4. The zero-order chi connectivity index (χ0) is 19.2. The first-order valence-corrected chi connectivity index (χ1v) is 8.97.